The first-order valence-corrected chi connectivity index (χ1v) is 14.4. The Kier molecular flexibility index (Phi) is 13.5. The van der Waals surface area contributed by atoms with E-state index in [0.29, 0.717) is 37.0 Å². The maximum absolute atomic E-state index is 12.0. The van der Waals surface area contributed by atoms with Crippen molar-refractivity contribution in [3.63, 3.8) is 0 Å². The van der Waals surface area contributed by atoms with E-state index < -0.39 is 17.9 Å². The van der Waals surface area contributed by atoms with Crippen LogP contribution in [-0.4, -0.2) is 33.2 Å². The van der Waals surface area contributed by atoms with Gasteiger partial charge in [0.2, 0.25) is 0 Å². The predicted molar refractivity (Wildman–Crippen MR) is 144 cm³/mol. The van der Waals surface area contributed by atoms with E-state index in [1.54, 1.807) is 0 Å². The minimum Gasteiger partial charge on any atom is -0.481 e. The zero-order valence-corrected chi connectivity index (χ0v) is 23.9. The normalized spacial score (nSPS) is 26.6. The highest BCUT2D eigenvalue weighted by molar-refractivity contribution is 5.67. The van der Waals surface area contributed by atoms with Crippen LogP contribution in [0.15, 0.2) is 0 Å². The summed E-state index contributed by atoms with van der Waals surface area (Å²) in [6.45, 7) is 13.2. The average Bonchev–Trinajstić information content (AvgIpc) is 2.76. The molecule has 0 saturated heterocycles. The maximum Gasteiger partial charge on any atom is 0.303 e. The lowest BCUT2D eigenvalue weighted by molar-refractivity contribution is -0.153. The van der Waals surface area contributed by atoms with Gasteiger partial charge >= 0.3 is 17.9 Å². The summed E-state index contributed by atoms with van der Waals surface area (Å²) >= 11 is 0. The molecule has 6 nitrogen and oxygen atoms in total. The van der Waals surface area contributed by atoms with Gasteiger partial charge in [0, 0.05) is 19.3 Å². The summed E-state index contributed by atoms with van der Waals surface area (Å²) < 4.78 is 0. The second-order valence-corrected chi connectivity index (χ2v) is 12.9. The average molecular weight is 511 g/mol. The van der Waals surface area contributed by atoms with Gasteiger partial charge in [-0.25, -0.2) is 0 Å². The van der Waals surface area contributed by atoms with Crippen molar-refractivity contribution in [2.75, 3.05) is 0 Å². The van der Waals surface area contributed by atoms with Crippen LogP contribution in [0.2, 0.25) is 0 Å². The van der Waals surface area contributed by atoms with Gasteiger partial charge in [0.05, 0.1) is 0 Å². The number of carboxylic acids is 3. The fraction of sp³-hybridized carbons (Fsp3) is 0.900. The first-order chi connectivity index (χ1) is 16.7. The fourth-order valence-electron chi connectivity index (χ4n) is 7.12. The highest BCUT2D eigenvalue weighted by Crippen LogP contribution is 2.66. The molecule has 6 heteroatoms. The Morgan fingerprint density at radius 2 is 1.17 bits per heavy atom. The highest BCUT2D eigenvalue weighted by Gasteiger charge is 2.58. The number of hydrogen-bond acceptors (Lipinski definition) is 3. The number of aliphatic carboxylic acids is 3. The molecule has 1 saturated carbocycles. The molecule has 0 radical (unpaired) electrons. The van der Waals surface area contributed by atoms with Crippen LogP contribution >= 0.6 is 0 Å². The Balaban J connectivity index is 3.75. The van der Waals surface area contributed by atoms with Crippen LogP contribution in [0.3, 0.4) is 0 Å². The third kappa shape index (κ3) is 9.70. The molecule has 1 aliphatic rings. The van der Waals surface area contributed by atoms with Gasteiger partial charge in [-0.1, -0.05) is 60.8 Å². The van der Waals surface area contributed by atoms with Crippen LogP contribution in [-0.2, 0) is 14.4 Å². The first-order valence-electron chi connectivity index (χ1n) is 14.4. The standard InChI is InChI=1S/C30H54O6/c1-21(2)7-9-25-24(8-10-26(31)32)13-17-29(16-11-22(3)4,18-14-27(33)34)30(25,19-12-23(5)6)20-15-28(35)36/h21-25H,7-20H2,1-6H3,(H,31,32)(H,33,34)(H,35,36). The summed E-state index contributed by atoms with van der Waals surface area (Å²) in [4.78, 5) is 35.4. The quantitative estimate of drug-likeness (QED) is 0.173. The Morgan fingerprint density at radius 1 is 0.667 bits per heavy atom. The molecule has 0 aromatic carbocycles. The second kappa shape index (κ2) is 15.0. The number of carboxylic acid groups (broad SMARTS) is 3. The van der Waals surface area contributed by atoms with E-state index >= 15 is 0 Å². The van der Waals surface area contributed by atoms with Crippen molar-refractivity contribution in [2.24, 2.45) is 40.4 Å². The zero-order chi connectivity index (χ0) is 27.5. The van der Waals surface area contributed by atoms with E-state index in [4.69, 9.17) is 0 Å². The molecule has 4 atom stereocenters. The number of rotatable bonds is 18. The largest absolute Gasteiger partial charge is 0.481 e. The molecule has 0 aromatic heterocycles. The van der Waals surface area contributed by atoms with Crippen LogP contribution in [0, 0.1) is 40.4 Å². The smallest absolute Gasteiger partial charge is 0.303 e. The van der Waals surface area contributed by atoms with E-state index in [9.17, 15) is 29.7 Å². The molecule has 1 fully saturated rings. The fourth-order valence-corrected chi connectivity index (χ4v) is 7.12. The summed E-state index contributed by atoms with van der Waals surface area (Å²) in [7, 11) is 0. The van der Waals surface area contributed by atoms with E-state index in [-0.39, 0.29) is 41.9 Å². The van der Waals surface area contributed by atoms with Crippen LogP contribution in [0.1, 0.15) is 131 Å². The van der Waals surface area contributed by atoms with Gasteiger partial charge in [-0.05, 0) is 91.8 Å². The molecule has 3 N–H and O–H groups in total. The SMILES string of the molecule is CC(C)CCC1C(CCC(=O)O)CCC(CCC(=O)O)(CCC(C)C)C1(CCC(=O)O)CCC(C)C. The van der Waals surface area contributed by atoms with Crippen LogP contribution in [0.4, 0.5) is 0 Å². The van der Waals surface area contributed by atoms with Crippen LogP contribution in [0.25, 0.3) is 0 Å². The molecule has 0 bridgehead atoms. The lowest BCUT2D eigenvalue weighted by Gasteiger charge is -2.62. The molecule has 210 valence electrons. The molecule has 0 aliphatic heterocycles. The van der Waals surface area contributed by atoms with Crippen molar-refractivity contribution >= 4 is 17.9 Å². The lowest BCUT2D eigenvalue weighted by Crippen LogP contribution is -2.54. The van der Waals surface area contributed by atoms with Crippen LogP contribution in [0.5, 0.6) is 0 Å². The molecule has 1 rings (SSSR count). The third-order valence-electron chi connectivity index (χ3n) is 9.08. The third-order valence-corrected chi connectivity index (χ3v) is 9.08. The summed E-state index contributed by atoms with van der Waals surface area (Å²) in [5.41, 5.74) is -0.530. The van der Waals surface area contributed by atoms with Crippen molar-refractivity contribution in [3.05, 3.63) is 0 Å². The lowest BCUT2D eigenvalue weighted by atomic mass is 9.42. The van der Waals surface area contributed by atoms with Crippen molar-refractivity contribution in [1.82, 2.24) is 0 Å². The molecule has 0 spiro atoms. The Morgan fingerprint density at radius 3 is 1.67 bits per heavy atom. The number of carbonyl (C=O) groups is 3. The van der Waals surface area contributed by atoms with E-state index in [1.807, 2.05) is 0 Å². The Labute approximate surface area is 219 Å². The predicted octanol–water partition coefficient (Wildman–Crippen LogP) is 7.89. The van der Waals surface area contributed by atoms with E-state index in [2.05, 4.69) is 41.5 Å². The van der Waals surface area contributed by atoms with Crippen molar-refractivity contribution < 1.29 is 29.7 Å². The van der Waals surface area contributed by atoms with Crippen LogP contribution < -0.4 is 0 Å². The minimum atomic E-state index is -0.801. The Bertz CT molecular complexity index is 700. The highest BCUT2D eigenvalue weighted by atomic mass is 16.4. The van der Waals surface area contributed by atoms with Crippen molar-refractivity contribution in [2.45, 2.75) is 131 Å². The number of hydrogen-bond donors (Lipinski definition) is 3. The molecule has 0 amide bonds. The summed E-state index contributed by atoms with van der Waals surface area (Å²) in [6, 6.07) is 0. The van der Waals surface area contributed by atoms with Gasteiger partial charge in [-0.3, -0.25) is 14.4 Å². The maximum atomic E-state index is 12.0. The van der Waals surface area contributed by atoms with Gasteiger partial charge in [0.1, 0.15) is 0 Å². The molecule has 0 aromatic rings. The molecular weight excluding hydrogens is 456 g/mol. The van der Waals surface area contributed by atoms with Crippen molar-refractivity contribution in [1.29, 1.82) is 0 Å². The monoisotopic (exact) mass is 510 g/mol. The van der Waals surface area contributed by atoms with E-state index in [1.165, 1.54) is 0 Å². The molecule has 1 aliphatic carbocycles. The summed E-state index contributed by atoms with van der Waals surface area (Å²) in [5.74, 6) is -0.486. The summed E-state index contributed by atoms with van der Waals surface area (Å²) in [6.07, 6.45) is 9.59. The molecule has 36 heavy (non-hydrogen) atoms. The topological polar surface area (TPSA) is 112 Å². The summed E-state index contributed by atoms with van der Waals surface area (Å²) in [5, 5.41) is 29.0. The zero-order valence-electron chi connectivity index (χ0n) is 23.9. The van der Waals surface area contributed by atoms with Crippen molar-refractivity contribution in [3.8, 4) is 0 Å². The molecule has 4 unspecified atom stereocenters. The second-order valence-electron chi connectivity index (χ2n) is 12.9. The van der Waals surface area contributed by atoms with Gasteiger partial charge in [-0.2, -0.15) is 0 Å². The van der Waals surface area contributed by atoms with Gasteiger partial charge in [0.15, 0.2) is 0 Å². The van der Waals surface area contributed by atoms with Gasteiger partial charge < -0.3 is 15.3 Å². The van der Waals surface area contributed by atoms with Gasteiger partial charge in [0.25, 0.3) is 0 Å². The molecular formula is C30H54O6. The minimum absolute atomic E-state index is 0.0818. The van der Waals surface area contributed by atoms with E-state index in [0.717, 1.165) is 51.4 Å². The first kappa shape index (κ1) is 32.4. The van der Waals surface area contributed by atoms with Gasteiger partial charge in [-0.15, -0.1) is 0 Å². The molecule has 0 heterocycles. The Hall–Kier alpha value is -1.59.